The number of benzene rings is 2. The molecule has 3 aromatic rings. The molecule has 2 aromatic carbocycles. The first-order chi connectivity index (χ1) is 10.0. The zero-order valence-corrected chi connectivity index (χ0v) is 12.2. The Hall–Kier alpha value is -2.04. The number of hydrogen-bond acceptors (Lipinski definition) is 2. The Morgan fingerprint density at radius 2 is 1.67 bits per heavy atom. The molecule has 0 aliphatic carbocycles. The van der Waals surface area contributed by atoms with E-state index in [-0.39, 0.29) is 5.82 Å². The van der Waals surface area contributed by atoms with Crippen molar-refractivity contribution in [2.45, 2.75) is 0 Å². The largest absolute Gasteiger partial charge is 0.384 e. The van der Waals surface area contributed by atoms with Crippen molar-refractivity contribution in [2.24, 2.45) is 0 Å². The van der Waals surface area contributed by atoms with Gasteiger partial charge in [0.2, 0.25) is 0 Å². The SMILES string of the molecule is Nc1cc(-c2ccc(F)cc2)nn1-c1ccc(Cl)c(Cl)c1. The summed E-state index contributed by atoms with van der Waals surface area (Å²) in [6.07, 6.45) is 0. The predicted molar refractivity (Wildman–Crippen MR) is 83.4 cm³/mol. The van der Waals surface area contributed by atoms with Crippen LogP contribution in [-0.4, -0.2) is 9.78 Å². The van der Waals surface area contributed by atoms with Gasteiger partial charge in [-0.1, -0.05) is 23.2 Å². The van der Waals surface area contributed by atoms with Crippen molar-refractivity contribution in [1.29, 1.82) is 0 Å². The third-order valence-corrected chi connectivity index (χ3v) is 3.76. The quantitative estimate of drug-likeness (QED) is 0.751. The summed E-state index contributed by atoms with van der Waals surface area (Å²) in [7, 11) is 0. The second-order valence-electron chi connectivity index (χ2n) is 4.47. The molecule has 0 amide bonds. The maximum atomic E-state index is 13.0. The fourth-order valence-corrected chi connectivity index (χ4v) is 2.27. The summed E-state index contributed by atoms with van der Waals surface area (Å²) < 4.78 is 14.5. The Morgan fingerprint density at radius 3 is 2.33 bits per heavy atom. The first kappa shape index (κ1) is 13.9. The summed E-state index contributed by atoms with van der Waals surface area (Å²) in [4.78, 5) is 0. The van der Waals surface area contributed by atoms with Crippen LogP contribution in [0.1, 0.15) is 0 Å². The van der Waals surface area contributed by atoms with Crippen LogP contribution in [0.25, 0.3) is 16.9 Å². The molecule has 2 N–H and O–H groups in total. The van der Waals surface area contributed by atoms with E-state index >= 15 is 0 Å². The Bertz CT molecular complexity index is 797. The zero-order valence-electron chi connectivity index (χ0n) is 10.7. The minimum atomic E-state index is -0.296. The number of nitrogen functional groups attached to an aromatic ring is 1. The van der Waals surface area contributed by atoms with Crippen molar-refractivity contribution in [1.82, 2.24) is 9.78 Å². The smallest absolute Gasteiger partial charge is 0.127 e. The molecular formula is C15H10Cl2FN3. The molecule has 0 bridgehead atoms. The highest BCUT2D eigenvalue weighted by atomic mass is 35.5. The van der Waals surface area contributed by atoms with E-state index in [0.717, 1.165) is 5.56 Å². The fraction of sp³-hybridized carbons (Fsp3) is 0. The highest BCUT2D eigenvalue weighted by molar-refractivity contribution is 6.42. The molecule has 0 aliphatic rings. The number of rotatable bonds is 2. The molecule has 1 aromatic heterocycles. The van der Waals surface area contributed by atoms with Crippen molar-refractivity contribution >= 4 is 29.0 Å². The van der Waals surface area contributed by atoms with Gasteiger partial charge in [0.1, 0.15) is 11.6 Å². The topological polar surface area (TPSA) is 43.8 Å². The standard InChI is InChI=1S/C15H10Cl2FN3/c16-12-6-5-11(7-13(12)17)21-15(19)8-14(20-21)9-1-3-10(18)4-2-9/h1-8H,19H2. The van der Waals surface area contributed by atoms with Gasteiger partial charge >= 0.3 is 0 Å². The van der Waals surface area contributed by atoms with E-state index in [9.17, 15) is 4.39 Å². The van der Waals surface area contributed by atoms with Gasteiger partial charge in [0.15, 0.2) is 0 Å². The van der Waals surface area contributed by atoms with Crippen molar-refractivity contribution in [3.8, 4) is 16.9 Å². The van der Waals surface area contributed by atoms with Gasteiger partial charge in [0.25, 0.3) is 0 Å². The maximum absolute atomic E-state index is 13.0. The van der Waals surface area contributed by atoms with E-state index in [0.29, 0.717) is 27.2 Å². The van der Waals surface area contributed by atoms with Crippen LogP contribution in [0.2, 0.25) is 10.0 Å². The summed E-state index contributed by atoms with van der Waals surface area (Å²) in [5.41, 5.74) is 8.11. The van der Waals surface area contributed by atoms with Crippen LogP contribution in [0.5, 0.6) is 0 Å². The van der Waals surface area contributed by atoms with E-state index in [1.807, 2.05) is 0 Å². The lowest BCUT2D eigenvalue weighted by atomic mass is 10.1. The van der Waals surface area contributed by atoms with Crippen LogP contribution in [0.3, 0.4) is 0 Å². The van der Waals surface area contributed by atoms with Crippen LogP contribution in [0.4, 0.5) is 10.2 Å². The summed E-state index contributed by atoms with van der Waals surface area (Å²) in [6.45, 7) is 0. The van der Waals surface area contributed by atoms with E-state index in [1.54, 1.807) is 41.1 Å². The maximum Gasteiger partial charge on any atom is 0.127 e. The molecule has 0 radical (unpaired) electrons. The number of halogens is 3. The molecule has 0 saturated carbocycles. The van der Waals surface area contributed by atoms with E-state index < -0.39 is 0 Å². The molecule has 106 valence electrons. The first-order valence-corrected chi connectivity index (χ1v) is 6.87. The Balaban J connectivity index is 2.05. The van der Waals surface area contributed by atoms with Crippen LogP contribution < -0.4 is 5.73 Å². The zero-order chi connectivity index (χ0) is 15.0. The van der Waals surface area contributed by atoms with Crippen LogP contribution >= 0.6 is 23.2 Å². The number of nitrogens with zero attached hydrogens (tertiary/aromatic N) is 2. The molecule has 3 rings (SSSR count). The lowest BCUT2D eigenvalue weighted by Gasteiger charge is -2.05. The predicted octanol–water partition coefficient (Wildman–Crippen LogP) is 4.57. The Kier molecular flexibility index (Phi) is 3.57. The van der Waals surface area contributed by atoms with Crippen LogP contribution in [-0.2, 0) is 0 Å². The highest BCUT2D eigenvalue weighted by Crippen LogP contribution is 2.27. The molecule has 21 heavy (non-hydrogen) atoms. The van der Waals surface area contributed by atoms with Crippen molar-refractivity contribution in [3.05, 3.63) is 64.4 Å². The molecule has 3 nitrogen and oxygen atoms in total. The van der Waals surface area contributed by atoms with Gasteiger partial charge in [-0.05, 0) is 42.5 Å². The molecule has 0 saturated heterocycles. The Morgan fingerprint density at radius 1 is 0.952 bits per heavy atom. The monoisotopic (exact) mass is 321 g/mol. The van der Waals surface area contributed by atoms with Gasteiger partial charge in [0.05, 0.1) is 21.4 Å². The second-order valence-corrected chi connectivity index (χ2v) is 5.29. The number of nitrogens with two attached hydrogens (primary N) is 1. The molecule has 0 unspecified atom stereocenters. The van der Waals surface area contributed by atoms with Crippen LogP contribution in [0, 0.1) is 5.82 Å². The van der Waals surface area contributed by atoms with Gasteiger partial charge < -0.3 is 5.73 Å². The average Bonchev–Trinajstić information content (AvgIpc) is 2.85. The summed E-state index contributed by atoms with van der Waals surface area (Å²) in [5.74, 6) is 0.156. The third-order valence-electron chi connectivity index (χ3n) is 3.02. The highest BCUT2D eigenvalue weighted by Gasteiger charge is 2.10. The Labute approximate surface area is 130 Å². The van der Waals surface area contributed by atoms with E-state index in [1.165, 1.54) is 12.1 Å². The summed E-state index contributed by atoms with van der Waals surface area (Å²) >= 11 is 11.9. The number of aromatic nitrogens is 2. The van der Waals surface area contributed by atoms with Gasteiger partial charge in [-0.25, -0.2) is 9.07 Å². The van der Waals surface area contributed by atoms with E-state index in [2.05, 4.69) is 5.10 Å². The molecule has 6 heteroatoms. The van der Waals surface area contributed by atoms with Gasteiger partial charge in [-0.3, -0.25) is 0 Å². The molecule has 0 fully saturated rings. The van der Waals surface area contributed by atoms with Gasteiger partial charge in [-0.2, -0.15) is 5.10 Å². The first-order valence-electron chi connectivity index (χ1n) is 6.11. The van der Waals surface area contributed by atoms with Crippen molar-refractivity contribution in [3.63, 3.8) is 0 Å². The minimum absolute atomic E-state index is 0.296. The lowest BCUT2D eigenvalue weighted by molar-refractivity contribution is 0.628. The molecule has 1 heterocycles. The molecule has 0 aliphatic heterocycles. The number of anilines is 1. The van der Waals surface area contributed by atoms with Crippen molar-refractivity contribution < 1.29 is 4.39 Å². The van der Waals surface area contributed by atoms with Gasteiger partial charge in [-0.15, -0.1) is 0 Å². The second kappa shape index (κ2) is 5.39. The fourth-order valence-electron chi connectivity index (χ4n) is 1.98. The molecule has 0 spiro atoms. The van der Waals surface area contributed by atoms with E-state index in [4.69, 9.17) is 28.9 Å². The van der Waals surface area contributed by atoms with Gasteiger partial charge in [0, 0.05) is 11.6 Å². The minimum Gasteiger partial charge on any atom is -0.384 e. The lowest BCUT2D eigenvalue weighted by Crippen LogP contribution is -2.01. The average molecular weight is 322 g/mol. The molecular weight excluding hydrogens is 312 g/mol. The molecule has 0 atom stereocenters. The summed E-state index contributed by atoms with van der Waals surface area (Å²) in [5, 5.41) is 5.30. The van der Waals surface area contributed by atoms with Crippen molar-refractivity contribution in [2.75, 3.05) is 5.73 Å². The number of hydrogen-bond donors (Lipinski definition) is 1. The van der Waals surface area contributed by atoms with Crippen LogP contribution in [0.15, 0.2) is 48.5 Å². The third kappa shape index (κ3) is 2.73. The normalized spacial score (nSPS) is 10.8. The summed E-state index contributed by atoms with van der Waals surface area (Å²) in [6, 6.07) is 12.9.